The maximum absolute atomic E-state index is 13.6. The molecule has 0 fully saturated rings. The molecule has 0 radical (unpaired) electrons. The second-order valence-electron chi connectivity index (χ2n) is 10.2. The fraction of sp³-hybridized carbons (Fsp3) is 0.154. The number of hydrogen-bond acceptors (Lipinski definition) is 6. The first kappa shape index (κ1) is 31.0. The van der Waals surface area contributed by atoms with Crippen LogP contribution in [0.2, 0.25) is 0 Å². The van der Waals surface area contributed by atoms with Crippen LogP contribution in [-0.2, 0) is 19.8 Å². The van der Waals surface area contributed by atoms with E-state index in [1.54, 1.807) is 31.4 Å². The summed E-state index contributed by atoms with van der Waals surface area (Å²) in [5.41, 5.74) is 4.21. The smallest absolute Gasteiger partial charge is 0.189 e. The second-order valence-corrected chi connectivity index (χ2v) is 10.2. The van der Waals surface area contributed by atoms with Crippen LogP contribution in [0.5, 0.6) is 28.7 Å². The molecule has 0 atom stereocenters. The summed E-state index contributed by atoms with van der Waals surface area (Å²) in [4.78, 5) is 13.6. The van der Waals surface area contributed by atoms with Crippen molar-refractivity contribution in [3.63, 3.8) is 0 Å². The molecule has 228 valence electrons. The normalized spacial score (nSPS) is 10.8. The van der Waals surface area contributed by atoms with Gasteiger partial charge < -0.3 is 23.7 Å². The van der Waals surface area contributed by atoms with Gasteiger partial charge in [0.15, 0.2) is 5.78 Å². The molecule has 0 aliphatic heterocycles. The lowest BCUT2D eigenvalue weighted by molar-refractivity contribution is 0.104. The predicted octanol–water partition coefficient (Wildman–Crippen LogP) is 8.73. The van der Waals surface area contributed by atoms with E-state index in [1.807, 2.05) is 110 Å². The van der Waals surface area contributed by atoms with Gasteiger partial charge in [-0.15, -0.1) is 0 Å². The molecule has 45 heavy (non-hydrogen) atoms. The Morgan fingerprint density at radius 3 is 1.76 bits per heavy atom. The van der Waals surface area contributed by atoms with Gasteiger partial charge in [-0.1, -0.05) is 72.8 Å². The Labute approximate surface area is 264 Å². The number of ketones is 1. The highest BCUT2D eigenvalue weighted by atomic mass is 16.5. The monoisotopic (exact) mass is 600 g/mol. The van der Waals surface area contributed by atoms with Crippen LogP contribution in [-0.4, -0.2) is 19.5 Å². The van der Waals surface area contributed by atoms with Crippen LogP contribution in [0.1, 0.15) is 39.5 Å². The lowest BCUT2D eigenvalue weighted by Gasteiger charge is -2.14. The van der Waals surface area contributed by atoms with Gasteiger partial charge >= 0.3 is 0 Å². The van der Waals surface area contributed by atoms with Crippen molar-refractivity contribution in [2.45, 2.75) is 26.7 Å². The number of allylic oxidation sites excluding steroid dienone is 1. The molecular weight excluding hydrogens is 564 g/mol. The zero-order valence-corrected chi connectivity index (χ0v) is 25.5. The number of hydrogen-bond donors (Lipinski definition) is 0. The van der Waals surface area contributed by atoms with Crippen LogP contribution in [0, 0.1) is 0 Å². The van der Waals surface area contributed by atoms with Crippen molar-refractivity contribution in [3.05, 3.63) is 155 Å². The molecule has 6 nitrogen and oxygen atoms in total. The molecule has 5 rings (SSSR count). The molecular formula is C39H36O6. The average Bonchev–Trinajstić information content (AvgIpc) is 3.09. The number of carbonyl (C=O) groups is 1. The topological polar surface area (TPSA) is 63.2 Å². The quantitative estimate of drug-likeness (QED) is 0.0885. The minimum Gasteiger partial charge on any atom is -0.497 e. The SMILES string of the molecule is CCOc1ccc(C=CC(=O)c2ccc(OCc3ccccc3)cc2OCc2ccccc2)c(OCc2ccc(OC)cc2)c1. The fourth-order valence-electron chi connectivity index (χ4n) is 4.56. The highest BCUT2D eigenvalue weighted by molar-refractivity contribution is 6.08. The summed E-state index contributed by atoms with van der Waals surface area (Å²) < 4.78 is 29.3. The summed E-state index contributed by atoms with van der Waals surface area (Å²) in [6, 6.07) is 38.3. The highest BCUT2D eigenvalue weighted by Gasteiger charge is 2.14. The molecule has 0 aliphatic rings. The lowest BCUT2D eigenvalue weighted by atomic mass is 10.1. The molecule has 0 saturated carbocycles. The van der Waals surface area contributed by atoms with Gasteiger partial charge in [0.1, 0.15) is 48.6 Å². The van der Waals surface area contributed by atoms with Crippen molar-refractivity contribution in [2.75, 3.05) is 13.7 Å². The van der Waals surface area contributed by atoms with Crippen LogP contribution < -0.4 is 23.7 Å². The standard InChI is InChI=1S/C39H36O6/c1-3-42-34-20-16-32(38(24-34)44-28-31-14-18-33(41-2)19-15-31)17-23-37(40)36-22-21-35(43-26-29-10-6-4-7-11-29)25-39(36)45-27-30-12-8-5-9-13-30/h4-25H,3,26-28H2,1-2H3. The van der Waals surface area contributed by atoms with Gasteiger partial charge in [-0.05, 0) is 72.2 Å². The van der Waals surface area contributed by atoms with E-state index >= 15 is 0 Å². The van der Waals surface area contributed by atoms with Crippen LogP contribution in [0.4, 0.5) is 0 Å². The first-order valence-corrected chi connectivity index (χ1v) is 14.8. The van der Waals surface area contributed by atoms with Gasteiger partial charge in [-0.25, -0.2) is 0 Å². The summed E-state index contributed by atoms with van der Waals surface area (Å²) in [5, 5.41) is 0. The number of methoxy groups -OCH3 is 1. The third-order valence-electron chi connectivity index (χ3n) is 6.97. The summed E-state index contributed by atoms with van der Waals surface area (Å²) in [6.45, 7) is 3.52. The summed E-state index contributed by atoms with van der Waals surface area (Å²) >= 11 is 0. The predicted molar refractivity (Wildman–Crippen MR) is 176 cm³/mol. The van der Waals surface area contributed by atoms with Crippen LogP contribution in [0.3, 0.4) is 0 Å². The molecule has 0 amide bonds. The molecule has 0 spiro atoms. The molecule has 0 heterocycles. The van der Waals surface area contributed by atoms with Gasteiger partial charge in [-0.2, -0.15) is 0 Å². The van der Waals surface area contributed by atoms with Crippen LogP contribution in [0.25, 0.3) is 6.08 Å². The van der Waals surface area contributed by atoms with Crippen molar-refractivity contribution in [2.24, 2.45) is 0 Å². The van der Waals surface area contributed by atoms with Gasteiger partial charge in [0.05, 0.1) is 19.3 Å². The molecule has 0 saturated heterocycles. The Balaban J connectivity index is 1.36. The zero-order chi connectivity index (χ0) is 31.3. The van der Waals surface area contributed by atoms with Crippen molar-refractivity contribution in [1.29, 1.82) is 0 Å². The van der Waals surface area contributed by atoms with Crippen molar-refractivity contribution >= 4 is 11.9 Å². The number of ether oxygens (including phenoxy) is 5. The Bertz CT molecular complexity index is 1700. The maximum atomic E-state index is 13.6. The second kappa shape index (κ2) is 15.8. The molecule has 5 aromatic rings. The number of rotatable bonds is 15. The largest absolute Gasteiger partial charge is 0.497 e. The van der Waals surface area contributed by atoms with Crippen LogP contribution in [0.15, 0.2) is 127 Å². The number of carbonyl (C=O) groups excluding carboxylic acids is 1. The fourth-order valence-corrected chi connectivity index (χ4v) is 4.56. The first-order chi connectivity index (χ1) is 22.1. The molecule has 0 unspecified atom stereocenters. The van der Waals surface area contributed by atoms with Crippen molar-refractivity contribution < 1.29 is 28.5 Å². The Morgan fingerprint density at radius 1 is 0.578 bits per heavy atom. The molecule has 0 aromatic heterocycles. The third kappa shape index (κ3) is 9.00. The van der Waals surface area contributed by atoms with Gasteiger partial charge in [-0.3, -0.25) is 4.79 Å². The number of benzene rings is 5. The highest BCUT2D eigenvalue weighted by Crippen LogP contribution is 2.30. The van der Waals surface area contributed by atoms with Crippen molar-refractivity contribution in [1.82, 2.24) is 0 Å². The van der Waals surface area contributed by atoms with E-state index in [9.17, 15) is 4.79 Å². The van der Waals surface area contributed by atoms with E-state index < -0.39 is 0 Å². The Morgan fingerprint density at radius 2 is 1.11 bits per heavy atom. The van der Waals surface area contributed by atoms with Crippen molar-refractivity contribution in [3.8, 4) is 28.7 Å². The van der Waals surface area contributed by atoms with Gasteiger partial charge in [0.2, 0.25) is 0 Å². The van der Waals surface area contributed by atoms with E-state index in [0.29, 0.717) is 55.0 Å². The van der Waals surface area contributed by atoms with E-state index in [4.69, 9.17) is 23.7 Å². The molecule has 0 bridgehead atoms. The molecule has 6 heteroatoms. The summed E-state index contributed by atoms with van der Waals surface area (Å²) in [7, 11) is 1.64. The maximum Gasteiger partial charge on any atom is 0.189 e. The third-order valence-corrected chi connectivity index (χ3v) is 6.97. The van der Waals surface area contributed by atoms with E-state index in [1.165, 1.54) is 6.08 Å². The minimum atomic E-state index is -0.206. The first-order valence-electron chi connectivity index (χ1n) is 14.8. The molecule has 0 aliphatic carbocycles. The Hall–Kier alpha value is -5.49. The summed E-state index contributed by atoms with van der Waals surface area (Å²) in [6.07, 6.45) is 3.29. The van der Waals surface area contributed by atoms with Crippen LogP contribution >= 0.6 is 0 Å². The minimum absolute atomic E-state index is 0.206. The average molecular weight is 601 g/mol. The van der Waals surface area contributed by atoms with E-state index in [-0.39, 0.29) is 5.78 Å². The lowest BCUT2D eigenvalue weighted by Crippen LogP contribution is -2.04. The van der Waals surface area contributed by atoms with Gasteiger partial charge in [0.25, 0.3) is 0 Å². The van der Waals surface area contributed by atoms with E-state index in [0.717, 1.165) is 28.0 Å². The Kier molecular flexibility index (Phi) is 10.9. The molecule has 0 N–H and O–H groups in total. The molecule has 5 aromatic carbocycles. The van der Waals surface area contributed by atoms with E-state index in [2.05, 4.69) is 0 Å². The van der Waals surface area contributed by atoms with Gasteiger partial charge in [0, 0.05) is 17.7 Å². The zero-order valence-electron chi connectivity index (χ0n) is 25.5. The summed E-state index contributed by atoms with van der Waals surface area (Å²) in [5.74, 6) is 2.93.